The van der Waals surface area contributed by atoms with Gasteiger partial charge in [-0.2, -0.15) is 0 Å². The van der Waals surface area contributed by atoms with Crippen molar-refractivity contribution in [1.82, 2.24) is 15.5 Å². The molecule has 0 aliphatic heterocycles. The molecular formula is C26H29N5O2S. The van der Waals surface area contributed by atoms with Crippen LogP contribution in [-0.2, 0) is 0 Å². The van der Waals surface area contributed by atoms with E-state index in [0.717, 1.165) is 45.3 Å². The second-order valence-corrected chi connectivity index (χ2v) is 9.44. The van der Waals surface area contributed by atoms with E-state index in [2.05, 4.69) is 27.4 Å². The number of ether oxygens (including phenoxy) is 2. The molecule has 7 nitrogen and oxygen atoms in total. The predicted octanol–water partition coefficient (Wildman–Crippen LogP) is 4.46. The van der Waals surface area contributed by atoms with Crippen LogP contribution in [0.1, 0.15) is 47.7 Å². The molecular weight excluding hydrogens is 446 g/mol. The molecule has 4 rings (SSSR count). The van der Waals surface area contributed by atoms with E-state index in [1.807, 2.05) is 49.4 Å². The van der Waals surface area contributed by atoms with Gasteiger partial charge in [0.05, 0.1) is 19.1 Å². The minimum atomic E-state index is -0.201. The van der Waals surface area contributed by atoms with Crippen LogP contribution in [0.2, 0.25) is 0 Å². The van der Waals surface area contributed by atoms with Crippen LogP contribution in [0, 0.1) is 24.2 Å². The maximum atomic E-state index is 7.59. The number of hydrogen-bond acceptors (Lipinski definition) is 6. The van der Waals surface area contributed by atoms with Gasteiger partial charge in [-0.1, -0.05) is 41.4 Å². The highest BCUT2D eigenvalue weighted by Gasteiger charge is 2.20. The maximum Gasteiger partial charge on any atom is 0.185 e. The van der Waals surface area contributed by atoms with Gasteiger partial charge in [0.15, 0.2) is 17.5 Å². The van der Waals surface area contributed by atoms with Gasteiger partial charge in [-0.05, 0) is 62.4 Å². The minimum absolute atomic E-state index is 0.0867. The molecule has 0 spiro atoms. The maximum absolute atomic E-state index is 7.59. The number of aromatic nitrogens is 2. The summed E-state index contributed by atoms with van der Waals surface area (Å²) >= 11 is 1.56. The Kier molecular flexibility index (Phi) is 7.65. The van der Waals surface area contributed by atoms with Crippen LogP contribution in [0.5, 0.6) is 11.5 Å². The average molecular weight is 476 g/mol. The highest BCUT2D eigenvalue weighted by molar-refractivity contribution is 7.14. The molecule has 1 fully saturated rings. The monoisotopic (exact) mass is 475 g/mol. The third kappa shape index (κ3) is 6.06. The quantitative estimate of drug-likeness (QED) is 0.265. The third-order valence-corrected chi connectivity index (χ3v) is 6.60. The number of methoxy groups -OCH3 is 1. The van der Waals surface area contributed by atoms with Crippen LogP contribution >= 0.6 is 11.3 Å². The molecule has 3 aromatic rings. The van der Waals surface area contributed by atoms with Crippen molar-refractivity contribution in [2.45, 2.75) is 44.6 Å². The van der Waals surface area contributed by atoms with Crippen LogP contribution < -0.4 is 20.5 Å². The van der Waals surface area contributed by atoms with Crippen LogP contribution in [0.25, 0.3) is 10.6 Å². The van der Waals surface area contributed by atoms with Gasteiger partial charge in [0, 0.05) is 17.7 Å². The molecule has 1 saturated carbocycles. The van der Waals surface area contributed by atoms with Crippen molar-refractivity contribution in [3.05, 3.63) is 58.6 Å². The topological polar surface area (TPSA) is 106 Å². The molecule has 1 unspecified atom stereocenters. The predicted molar refractivity (Wildman–Crippen MR) is 135 cm³/mol. The van der Waals surface area contributed by atoms with Crippen LogP contribution in [0.15, 0.2) is 42.5 Å². The fourth-order valence-electron chi connectivity index (χ4n) is 3.97. The highest BCUT2D eigenvalue weighted by atomic mass is 32.1. The molecule has 0 amide bonds. The number of nitrogens with zero attached hydrogens (tertiary/aromatic N) is 2. The molecule has 0 saturated heterocycles. The lowest BCUT2D eigenvalue weighted by Crippen LogP contribution is -2.33. The van der Waals surface area contributed by atoms with E-state index in [0.29, 0.717) is 12.3 Å². The van der Waals surface area contributed by atoms with E-state index in [-0.39, 0.29) is 18.0 Å². The van der Waals surface area contributed by atoms with Gasteiger partial charge in [0.2, 0.25) is 0 Å². The van der Waals surface area contributed by atoms with Crippen molar-refractivity contribution >= 4 is 17.3 Å². The Morgan fingerprint density at radius 2 is 2.03 bits per heavy atom. The van der Waals surface area contributed by atoms with Crippen LogP contribution in [0.3, 0.4) is 0 Å². The zero-order valence-corrected chi connectivity index (χ0v) is 20.2. The van der Waals surface area contributed by atoms with Gasteiger partial charge >= 0.3 is 0 Å². The number of hydrogen-bond donors (Lipinski definition) is 3. The van der Waals surface area contributed by atoms with Crippen molar-refractivity contribution < 1.29 is 9.47 Å². The summed E-state index contributed by atoms with van der Waals surface area (Å²) in [4.78, 5) is 0. The zero-order valence-electron chi connectivity index (χ0n) is 19.4. The lowest BCUT2D eigenvalue weighted by Gasteiger charge is -2.19. The molecule has 1 aromatic heterocycles. The first kappa shape index (κ1) is 23.6. The Morgan fingerprint density at radius 3 is 2.74 bits per heavy atom. The summed E-state index contributed by atoms with van der Waals surface area (Å²) in [7, 11) is 1.65. The Balaban J connectivity index is 1.62. The van der Waals surface area contributed by atoms with E-state index in [1.165, 1.54) is 12.8 Å². The minimum Gasteiger partial charge on any atom is -0.493 e. The second kappa shape index (κ2) is 11.0. The van der Waals surface area contributed by atoms with Crippen molar-refractivity contribution in [2.24, 2.45) is 5.73 Å². The summed E-state index contributed by atoms with van der Waals surface area (Å²) in [5, 5.41) is 20.6. The fraction of sp³-hybridized carbons (Fsp3) is 0.346. The van der Waals surface area contributed by atoms with Gasteiger partial charge in [-0.3, -0.25) is 5.41 Å². The Bertz CT molecular complexity index is 1210. The number of nitrogens with one attached hydrogen (secondary N) is 2. The molecule has 1 heterocycles. The lowest BCUT2D eigenvalue weighted by molar-refractivity contribution is 0.200. The number of aryl methyl sites for hydroxylation is 1. The SMILES string of the molecule is COc1ccc(C(C#Cc2cccc(-c3nnc(C)s3)c2)CNC(=N)N)cc1OC1CCCC1. The first-order valence-corrected chi connectivity index (χ1v) is 12.2. The normalized spacial score (nSPS) is 14.2. The summed E-state index contributed by atoms with van der Waals surface area (Å²) in [6.07, 6.45) is 4.73. The highest BCUT2D eigenvalue weighted by Crippen LogP contribution is 2.34. The average Bonchev–Trinajstić information content (AvgIpc) is 3.51. The Labute approximate surface area is 204 Å². The standard InChI is InChI=1S/C26H29N5O2S/c1-17-30-31-25(34-17)20-7-5-6-18(14-20)10-11-21(16-29-26(27)28)19-12-13-23(32-2)24(15-19)33-22-8-3-4-9-22/h5-7,12-15,21-22H,3-4,8-9,16H2,1-2H3,(H4,27,28,29). The fourth-order valence-corrected chi connectivity index (χ4v) is 4.65. The van der Waals surface area contributed by atoms with E-state index >= 15 is 0 Å². The first-order chi connectivity index (χ1) is 16.5. The van der Waals surface area contributed by atoms with Crippen molar-refractivity contribution in [1.29, 1.82) is 5.41 Å². The molecule has 34 heavy (non-hydrogen) atoms. The molecule has 4 N–H and O–H groups in total. The van der Waals surface area contributed by atoms with Crippen LogP contribution in [0.4, 0.5) is 0 Å². The summed E-state index contributed by atoms with van der Waals surface area (Å²) < 4.78 is 11.8. The zero-order chi connectivity index (χ0) is 23.9. The van der Waals surface area contributed by atoms with Gasteiger partial charge < -0.3 is 20.5 Å². The lowest BCUT2D eigenvalue weighted by atomic mass is 9.98. The van der Waals surface area contributed by atoms with Crippen molar-refractivity contribution in [3.63, 3.8) is 0 Å². The van der Waals surface area contributed by atoms with E-state index < -0.39 is 0 Å². The molecule has 2 aromatic carbocycles. The number of benzene rings is 2. The van der Waals surface area contributed by atoms with Gasteiger partial charge in [-0.25, -0.2) is 0 Å². The Morgan fingerprint density at radius 1 is 1.21 bits per heavy atom. The smallest absolute Gasteiger partial charge is 0.185 e. The molecule has 1 aliphatic rings. The van der Waals surface area contributed by atoms with Crippen LogP contribution in [-0.4, -0.2) is 35.9 Å². The van der Waals surface area contributed by atoms with Gasteiger partial charge in [0.1, 0.15) is 10.0 Å². The van der Waals surface area contributed by atoms with E-state index in [9.17, 15) is 0 Å². The number of nitrogens with two attached hydrogens (primary N) is 1. The second-order valence-electron chi connectivity index (χ2n) is 8.26. The summed E-state index contributed by atoms with van der Waals surface area (Å²) in [6.45, 7) is 2.35. The molecule has 176 valence electrons. The van der Waals surface area contributed by atoms with E-state index in [4.69, 9.17) is 20.6 Å². The molecule has 8 heteroatoms. The number of guanidine groups is 1. The third-order valence-electron chi connectivity index (χ3n) is 5.71. The van der Waals surface area contributed by atoms with E-state index in [1.54, 1.807) is 18.4 Å². The molecule has 1 aliphatic carbocycles. The molecule has 0 bridgehead atoms. The number of rotatable bonds is 7. The summed E-state index contributed by atoms with van der Waals surface area (Å²) in [5.74, 6) is 7.80. The Hall–Kier alpha value is -3.57. The first-order valence-electron chi connectivity index (χ1n) is 11.4. The largest absolute Gasteiger partial charge is 0.493 e. The summed E-state index contributed by atoms with van der Waals surface area (Å²) in [5.41, 5.74) is 8.42. The van der Waals surface area contributed by atoms with Crippen molar-refractivity contribution in [2.75, 3.05) is 13.7 Å². The summed E-state index contributed by atoms with van der Waals surface area (Å²) in [6, 6.07) is 13.9. The van der Waals surface area contributed by atoms with Gasteiger partial charge in [0.25, 0.3) is 0 Å². The van der Waals surface area contributed by atoms with Gasteiger partial charge in [-0.15, -0.1) is 10.2 Å². The molecule has 1 atom stereocenters. The molecule has 0 radical (unpaired) electrons. The van der Waals surface area contributed by atoms with Crippen molar-refractivity contribution in [3.8, 4) is 33.9 Å².